The molecule has 0 amide bonds. The van der Waals surface area contributed by atoms with Crippen molar-refractivity contribution < 1.29 is 4.74 Å². The Morgan fingerprint density at radius 3 is 2.62 bits per heavy atom. The van der Waals surface area contributed by atoms with Crippen molar-refractivity contribution in [1.29, 1.82) is 0 Å². The van der Waals surface area contributed by atoms with Crippen LogP contribution < -0.4 is 0 Å². The van der Waals surface area contributed by atoms with Crippen LogP contribution in [0.4, 0.5) is 0 Å². The monoisotopic (exact) mass is 218 g/mol. The number of rotatable bonds is 8. The molecular weight excluding hydrogens is 196 g/mol. The van der Waals surface area contributed by atoms with Crippen molar-refractivity contribution in [3.8, 4) is 0 Å². The van der Waals surface area contributed by atoms with Crippen LogP contribution in [0.25, 0.3) is 0 Å². The van der Waals surface area contributed by atoms with Crippen molar-refractivity contribution in [1.82, 2.24) is 0 Å². The van der Waals surface area contributed by atoms with Crippen molar-refractivity contribution in [2.24, 2.45) is 0 Å². The molecule has 88 valence electrons. The summed E-state index contributed by atoms with van der Waals surface area (Å²) in [5, 5.41) is 0. The Bertz CT molecular complexity index is 277. The van der Waals surface area contributed by atoms with E-state index in [0.717, 1.165) is 6.61 Å². The minimum Gasteiger partial charge on any atom is -0.373 e. The van der Waals surface area contributed by atoms with E-state index in [1.54, 1.807) is 0 Å². The maximum Gasteiger partial charge on any atom is 0.0721 e. The molecule has 0 heterocycles. The van der Waals surface area contributed by atoms with E-state index in [0.29, 0.717) is 6.61 Å². The summed E-state index contributed by atoms with van der Waals surface area (Å²) in [6.07, 6.45) is 9.45. The highest BCUT2D eigenvalue weighted by molar-refractivity contribution is 5.13. The lowest BCUT2D eigenvalue weighted by molar-refractivity contribution is 0.148. The normalized spacial score (nSPS) is 11.1. The van der Waals surface area contributed by atoms with Gasteiger partial charge >= 0.3 is 0 Å². The maximum absolute atomic E-state index is 5.54. The molecule has 0 saturated carbocycles. The fourth-order valence-corrected chi connectivity index (χ4v) is 1.52. The molecule has 0 saturated heterocycles. The zero-order valence-electron chi connectivity index (χ0n) is 10.2. The van der Waals surface area contributed by atoms with Gasteiger partial charge in [-0.2, -0.15) is 0 Å². The molecule has 0 spiro atoms. The zero-order valence-corrected chi connectivity index (χ0v) is 10.2. The first-order valence-corrected chi connectivity index (χ1v) is 6.20. The summed E-state index contributed by atoms with van der Waals surface area (Å²) in [6.45, 7) is 3.66. The van der Waals surface area contributed by atoms with Crippen LogP contribution in [0.5, 0.6) is 0 Å². The molecule has 0 radical (unpaired) electrons. The van der Waals surface area contributed by atoms with Crippen LogP contribution in [0.1, 0.15) is 38.2 Å². The Balaban J connectivity index is 1.99. The predicted molar refractivity (Wildman–Crippen MR) is 69.4 cm³/mol. The van der Waals surface area contributed by atoms with Gasteiger partial charge in [0.2, 0.25) is 0 Å². The average Bonchev–Trinajstić information content (AvgIpc) is 2.34. The highest BCUT2D eigenvalue weighted by Gasteiger charge is 1.88. The van der Waals surface area contributed by atoms with Gasteiger partial charge in [-0.05, 0) is 18.4 Å². The summed E-state index contributed by atoms with van der Waals surface area (Å²) in [6, 6.07) is 10.3. The fraction of sp³-hybridized carbons (Fsp3) is 0.467. The Morgan fingerprint density at radius 2 is 1.88 bits per heavy atom. The smallest absolute Gasteiger partial charge is 0.0721 e. The van der Waals surface area contributed by atoms with Gasteiger partial charge in [0.15, 0.2) is 0 Å². The number of ether oxygens (including phenoxy) is 1. The van der Waals surface area contributed by atoms with Crippen molar-refractivity contribution in [2.45, 2.75) is 39.2 Å². The number of allylic oxidation sites excluding steroid dienone is 1. The first-order chi connectivity index (χ1) is 7.93. The van der Waals surface area contributed by atoms with Crippen molar-refractivity contribution in [3.05, 3.63) is 48.0 Å². The van der Waals surface area contributed by atoms with Gasteiger partial charge in [0.1, 0.15) is 0 Å². The van der Waals surface area contributed by atoms with Crippen LogP contribution in [-0.4, -0.2) is 6.61 Å². The summed E-state index contributed by atoms with van der Waals surface area (Å²) in [4.78, 5) is 0. The Kier molecular flexibility index (Phi) is 7.44. The maximum atomic E-state index is 5.54. The van der Waals surface area contributed by atoms with E-state index in [-0.39, 0.29) is 0 Å². The second kappa shape index (κ2) is 9.17. The van der Waals surface area contributed by atoms with E-state index < -0.39 is 0 Å². The summed E-state index contributed by atoms with van der Waals surface area (Å²) < 4.78 is 5.54. The van der Waals surface area contributed by atoms with Crippen LogP contribution in [0, 0.1) is 0 Å². The first kappa shape index (κ1) is 13.0. The van der Waals surface area contributed by atoms with Crippen molar-refractivity contribution >= 4 is 0 Å². The lowest BCUT2D eigenvalue weighted by Crippen LogP contribution is -1.91. The van der Waals surface area contributed by atoms with Gasteiger partial charge in [0.05, 0.1) is 13.2 Å². The molecule has 0 aromatic heterocycles. The number of unbranched alkanes of at least 4 members (excludes halogenated alkanes) is 3. The molecule has 0 bridgehead atoms. The summed E-state index contributed by atoms with van der Waals surface area (Å²) in [5.74, 6) is 0. The largest absolute Gasteiger partial charge is 0.373 e. The second-order valence-corrected chi connectivity index (χ2v) is 3.97. The molecule has 1 aromatic rings. The molecule has 0 aliphatic rings. The molecule has 0 aliphatic heterocycles. The van der Waals surface area contributed by atoms with Gasteiger partial charge in [-0.15, -0.1) is 0 Å². The van der Waals surface area contributed by atoms with Gasteiger partial charge in [-0.1, -0.05) is 62.2 Å². The minimum absolute atomic E-state index is 0.708. The molecule has 16 heavy (non-hydrogen) atoms. The lowest BCUT2D eigenvalue weighted by Gasteiger charge is -2.00. The molecule has 0 N–H and O–H groups in total. The Hall–Kier alpha value is -1.08. The molecule has 1 aromatic carbocycles. The van der Waals surface area contributed by atoms with E-state index in [4.69, 9.17) is 4.74 Å². The van der Waals surface area contributed by atoms with Crippen LogP contribution in [0.3, 0.4) is 0 Å². The minimum atomic E-state index is 0.708. The second-order valence-electron chi connectivity index (χ2n) is 3.97. The van der Waals surface area contributed by atoms with Gasteiger partial charge in [-0.3, -0.25) is 0 Å². The average molecular weight is 218 g/mol. The van der Waals surface area contributed by atoms with Crippen LogP contribution in [0.15, 0.2) is 42.5 Å². The van der Waals surface area contributed by atoms with E-state index in [1.165, 1.54) is 31.2 Å². The SMILES string of the molecule is CCCCCC=CCOCc1ccccc1. The van der Waals surface area contributed by atoms with Crippen molar-refractivity contribution in [2.75, 3.05) is 6.61 Å². The molecule has 1 nitrogen and oxygen atoms in total. The van der Waals surface area contributed by atoms with Crippen LogP contribution in [-0.2, 0) is 11.3 Å². The van der Waals surface area contributed by atoms with Gasteiger partial charge < -0.3 is 4.74 Å². The van der Waals surface area contributed by atoms with Crippen molar-refractivity contribution in [3.63, 3.8) is 0 Å². The summed E-state index contributed by atoms with van der Waals surface area (Å²) >= 11 is 0. The summed E-state index contributed by atoms with van der Waals surface area (Å²) in [5.41, 5.74) is 1.24. The molecule has 0 unspecified atom stereocenters. The molecule has 0 fully saturated rings. The molecule has 1 rings (SSSR count). The highest BCUT2D eigenvalue weighted by atomic mass is 16.5. The van der Waals surface area contributed by atoms with E-state index in [9.17, 15) is 0 Å². The van der Waals surface area contributed by atoms with Crippen LogP contribution in [0.2, 0.25) is 0 Å². The van der Waals surface area contributed by atoms with Gasteiger partial charge in [-0.25, -0.2) is 0 Å². The van der Waals surface area contributed by atoms with Crippen LogP contribution >= 0.6 is 0 Å². The third kappa shape index (κ3) is 6.41. The lowest BCUT2D eigenvalue weighted by atomic mass is 10.2. The van der Waals surface area contributed by atoms with E-state index >= 15 is 0 Å². The fourth-order valence-electron chi connectivity index (χ4n) is 1.52. The third-order valence-electron chi connectivity index (χ3n) is 2.47. The summed E-state index contributed by atoms with van der Waals surface area (Å²) in [7, 11) is 0. The predicted octanol–water partition coefficient (Wildman–Crippen LogP) is 4.34. The topological polar surface area (TPSA) is 9.23 Å². The quantitative estimate of drug-likeness (QED) is 0.466. The number of hydrogen-bond donors (Lipinski definition) is 0. The first-order valence-electron chi connectivity index (χ1n) is 6.20. The standard InChI is InChI=1S/C15H22O/c1-2-3-4-5-6-10-13-16-14-15-11-8-7-9-12-15/h6-12H,2-5,13-14H2,1H3. The van der Waals surface area contributed by atoms with E-state index in [2.05, 4.69) is 31.2 Å². The number of hydrogen-bond acceptors (Lipinski definition) is 1. The molecule has 0 atom stereocenters. The van der Waals surface area contributed by atoms with E-state index in [1.807, 2.05) is 18.2 Å². The highest BCUT2D eigenvalue weighted by Crippen LogP contribution is 2.01. The van der Waals surface area contributed by atoms with Gasteiger partial charge in [0, 0.05) is 0 Å². The molecular formula is C15H22O. The third-order valence-corrected chi connectivity index (χ3v) is 2.47. The molecule has 1 heteroatoms. The Morgan fingerprint density at radius 1 is 1.06 bits per heavy atom. The zero-order chi connectivity index (χ0) is 11.5. The Labute approximate surface area is 99.1 Å². The van der Waals surface area contributed by atoms with Gasteiger partial charge in [0.25, 0.3) is 0 Å². The molecule has 0 aliphatic carbocycles. The number of benzene rings is 1.